The zero-order valence-electron chi connectivity index (χ0n) is 16.5. The van der Waals surface area contributed by atoms with Crippen molar-refractivity contribution < 1.29 is 0 Å². The van der Waals surface area contributed by atoms with Gasteiger partial charge in [0.15, 0.2) is 5.82 Å². The van der Waals surface area contributed by atoms with Crippen molar-refractivity contribution in [2.24, 2.45) is 0 Å². The molecule has 0 aliphatic rings. The van der Waals surface area contributed by atoms with Gasteiger partial charge in [0.2, 0.25) is 0 Å². The first-order chi connectivity index (χ1) is 15.1. The second-order valence-electron chi connectivity index (χ2n) is 6.86. The molecule has 5 rings (SSSR count). The van der Waals surface area contributed by atoms with E-state index in [-0.39, 0.29) is 11.6 Å². The molecule has 10 heteroatoms. The molecule has 0 amide bonds. The third-order valence-electron chi connectivity index (χ3n) is 4.87. The Hall–Kier alpha value is -4.05. The highest BCUT2D eigenvalue weighted by Gasteiger charge is 2.21. The van der Waals surface area contributed by atoms with Gasteiger partial charge in [-0.3, -0.25) is 9.36 Å². The summed E-state index contributed by atoms with van der Waals surface area (Å²) in [6.07, 6.45) is 4.86. The van der Waals surface area contributed by atoms with E-state index in [9.17, 15) is 4.79 Å². The van der Waals surface area contributed by atoms with Gasteiger partial charge in [-0.2, -0.15) is 5.10 Å². The van der Waals surface area contributed by atoms with E-state index in [1.54, 1.807) is 33.6 Å². The molecular formula is C21H18N8OS. The summed E-state index contributed by atoms with van der Waals surface area (Å²) in [5.74, 6) is 1.38. The Morgan fingerprint density at radius 2 is 1.94 bits per heavy atom. The molecule has 31 heavy (non-hydrogen) atoms. The second kappa shape index (κ2) is 7.65. The molecule has 0 saturated heterocycles. The van der Waals surface area contributed by atoms with Crippen molar-refractivity contribution in [1.82, 2.24) is 29.1 Å². The first-order valence-corrected chi connectivity index (χ1v) is 10.4. The lowest BCUT2D eigenvalue weighted by Crippen LogP contribution is -2.29. The second-order valence-corrected chi connectivity index (χ2v) is 7.75. The normalized spacial score (nSPS) is 12.2. The minimum Gasteiger partial charge on any atom is -0.383 e. The number of benzene rings is 1. The van der Waals surface area contributed by atoms with Gasteiger partial charge < -0.3 is 11.1 Å². The average Bonchev–Trinajstić information content (AvgIpc) is 3.46. The molecule has 1 atom stereocenters. The first-order valence-electron chi connectivity index (χ1n) is 9.56. The summed E-state index contributed by atoms with van der Waals surface area (Å²) < 4.78 is 3.20. The molecule has 0 aliphatic carbocycles. The van der Waals surface area contributed by atoms with E-state index in [2.05, 4.69) is 20.3 Å². The maximum atomic E-state index is 13.3. The minimum atomic E-state index is -0.382. The summed E-state index contributed by atoms with van der Waals surface area (Å²) >= 11 is 1.45. The van der Waals surface area contributed by atoms with Crippen LogP contribution in [0.1, 0.15) is 18.8 Å². The van der Waals surface area contributed by atoms with Crippen LogP contribution in [0, 0.1) is 0 Å². The lowest BCUT2D eigenvalue weighted by atomic mass is 10.2. The summed E-state index contributed by atoms with van der Waals surface area (Å²) in [6, 6.07) is 12.6. The molecule has 3 N–H and O–H groups in total. The van der Waals surface area contributed by atoms with Gasteiger partial charge in [0.25, 0.3) is 5.56 Å². The fourth-order valence-corrected chi connectivity index (χ4v) is 4.14. The number of fused-ring (bicyclic) bond motifs is 1. The molecule has 0 saturated carbocycles. The Morgan fingerprint density at radius 1 is 1.10 bits per heavy atom. The van der Waals surface area contributed by atoms with E-state index in [4.69, 9.17) is 10.8 Å². The molecule has 0 fully saturated rings. The number of nitrogens with one attached hydrogen (secondary N) is 1. The SMILES string of the molecule is CC(Nc1ncnc(N)c1-c1nccs1)c1nn2cccc2c(=O)n1-c1ccccc1. The average molecular weight is 430 g/mol. The van der Waals surface area contributed by atoms with Crippen LogP contribution in [0.5, 0.6) is 0 Å². The molecule has 154 valence electrons. The number of aromatic nitrogens is 6. The largest absolute Gasteiger partial charge is 0.383 e. The monoisotopic (exact) mass is 430 g/mol. The molecule has 0 spiro atoms. The quantitative estimate of drug-likeness (QED) is 0.440. The molecule has 4 aromatic heterocycles. The highest BCUT2D eigenvalue weighted by molar-refractivity contribution is 7.13. The topological polar surface area (TPSA) is 116 Å². The molecule has 5 aromatic rings. The highest BCUT2D eigenvalue weighted by atomic mass is 32.1. The van der Waals surface area contributed by atoms with E-state index >= 15 is 0 Å². The van der Waals surface area contributed by atoms with Gasteiger partial charge in [-0.1, -0.05) is 18.2 Å². The van der Waals surface area contributed by atoms with Crippen LogP contribution in [-0.2, 0) is 0 Å². The van der Waals surface area contributed by atoms with Gasteiger partial charge in [0.1, 0.15) is 28.5 Å². The lowest BCUT2D eigenvalue weighted by Gasteiger charge is -2.20. The van der Waals surface area contributed by atoms with Crippen molar-refractivity contribution >= 4 is 28.5 Å². The van der Waals surface area contributed by atoms with E-state index in [1.165, 1.54) is 17.7 Å². The number of para-hydroxylation sites is 1. The van der Waals surface area contributed by atoms with Crippen molar-refractivity contribution in [2.45, 2.75) is 13.0 Å². The number of nitrogen functional groups attached to an aromatic ring is 1. The summed E-state index contributed by atoms with van der Waals surface area (Å²) in [6.45, 7) is 1.92. The summed E-state index contributed by atoms with van der Waals surface area (Å²) in [7, 11) is 0. The fourth-order valence-electron chi connectivity index (χ4n) is 3.45. The molecule has 0 radical (unpaired) electrons. The fraction of sp³-hybridized carbons (Fsp3) is 0.0952. The minimum absolute atomic E-state index is 0.155. The summed E-state index contributed by atoms with van der Waals surface area (Å²) in [4.78, 5) is 26.1. The van der Waals surface area contributed by atoms with E-state index < -0.39 is 0 Å². The van der Waals surface area contributed by atoms with Crippen molar-refractivity contribution in [3.05, 3.63) is 82.7 Å². The standard InChI is InChI=1S/C21H18N8OS/c1-13(26-18-16(17(22)24-12-25-18)20-23-9-11-31-20)19-27-28-10-5-8-15(28)21(30)29(19)14-6-3-2-4-7-14/h2-13H,1H3,(H3,22,24,25,26). The Balaban J connectivity index is 1.65. The van der Waals surface area contributed by atoms with Crippen molar-refractivity contribution in [3.8, 4) is 16.3 Å². The van der Waals surface area contributed by atoms with Crippen LogP contribution in [0.4, 0.5) is 11.6 Å². The van der Waals surface area contributed by atoms with Gasteiger partial charge in [-0.05, 0) is 31.2 Å². The zero-order chi connectivity index (χ0) is 21.4. The first kappa shape index (κ1) is 18.9. The molecule has 4 heterocycles. The van der Waals surface area contributed by atoms with E-state index in [1.807, 2.05) is 42.6 Å². The number of thiazole rings is 1. The van der Waals surface area contributed by atoms with Crippen molar-refractivity contribution in [3.63, 3.8) is 0 Å². The van der Waals surface area contributed by atoms with Gasteiger partial charge in [-0.25, -0.2) is 19.5 Å². The molecule has 9 nitrogen and oxygen atoms in total. The van der Waals surface area contributed by atoms with Gasteiger partial charge in [-0.15, -0.1) is 11.3 Å². The molecular weight excluding hydrogens is 412 g/mol. The van der Waals surface area contributed by atoms with Crippen LogP contribution in [-0.4, -0.2) is 29.1 Å². The predicted molar refractivity (Wildman–Crippen MR) is 120 cm³/mol. The van der Waals surface area contributed by atoms with E-state index in [0.717, 1.165) is 5.69 Å². The van der Waals surface area contributed by atoms with Crippen LogP contribution in [0.25, 0.3) is 21.8 Å². The van der Waals surface area contributed by atoms with Crippen LogP contribution < -0.4 is 16.6 Å². The third-order valence-corrected chi connectivity index (χ3v) is 5.66. The predicted octanol–water partition coefficient (Wildman–Crippen LogP) is 3.15. The van der Waals surface area contributed by atoms with Crippen molar-refractivity contribution in [1.29, 1.82) is 0 Å². The molecule has 1 unspecified atom stereocenters. The number of hydrogen-bond acceptors (Lipinski definition) is 8. The molecule has 1 aromatic carbocycles. The molecule has 0 bridgehead atoms. The Morgan fingerprint density at radius 3 is 2.71 bits per heavy atom. The van der Waals surface area contributed by atoms with Gasteiger partial charge in [0, 0.05) is 17.8 Å². The molecule has 0 aliphatic heterocycles. The number of rotatable bonds is 5. The van der Waals surface area contributed by atoms with E-state index in [0.29, 0.717) is 33.5 Å². The Labute approximate surface area is 180 Å². The third kappa shape index (κ3) is 3.32. The van der Waals surface area contributed by atoms with Crippen LogP contribution in [0.2, 0.25) is 0 Å². The van der Waals surface area contributed by atoms with Crippen LogP contribution in [0.3, 0.4) is 0 Å². The van der Waals surface area contributed by atoms with Crippen molar-refractivity contribution in [2.75, 3.05) is 11.1 Å². The number of nitrogens with two attached hydrogens (primary N) is 1. The Bertz CT molecular complexity index is 1410. The van der Waals surface area contributed by atoms with Gasteiger partial charge >= 0.3 is 0 Å². The number of hydrogen-bond donors (Lipinski definition) is 2. The van der Waals surface area contributed by atoms with Crippen LogP contribution >= 0.6 is 11.3 Å². The number of nitrogens with zero attached hydrogens (tertiary/aromatic N) is 6. The van der Waals surface area contributed by atoms with Gasteiger partial charge in [0.05, 0.1) is 17.3 Å². The maximum absolute atomic E-state index is 13.3. The summed E-state index contributed by atoms with van der Waals surface area (Å²) in [5, 5.41) is 10.6. The Kier molecular flexibility index (Phi) is 4.68. The van der Waals surface area contributed by atoms with Crippen LogP contribution in [0.15, 0.2) is 71.4 Å². The summed E-state index contributed by atoms with van der Waals surface area (Å²) in [5.41, 5.74) is 7.83. The highest BCUT2D eigenvalue weighted by Crippen LogP contribution is 2.33. The number of anilines is 2. The maximum Gasteiger partial charge on any atom is 0.282 e. The lowest BCUT2D eigenvalue weighted by molar-refractivity contribution is 0.673. The zero-order valence-corrected chi connectivity index (χ0v) is 17.3. The smallest absolute Gasteiger partial charge is 0.282 e.